The van der Waals surface area contributed by atoms with E-state index in [-0.39, 0.29) is 0 Å². The molecule has 0 saturated carbocycles. The van der Waals surface area contributed by atoms with Crippen LogP contribution < -0.4 is 9.80 Å². The fourth-order valence-corrected chi connectivity index (χ4v) is 11.9. The lowest BCUT2D eigenvalue weighted by atomic mass is 9.79. The predicted octanol–water partition coefficient (Wildman–Crippen LogP) is 23.1. The van der Waals surface area contributed by atoms with E-state index in [4.69, 9.17) is 0 Å². The lowest BCUT2D eigenvalue weighted by molar-refractivity contribution is 1.29. The van der Waals surface area contributed by atoms with Crippen molar-refractivity contribution < 1.29 is 0 Å². The minimum absolute atomic E-state index is 1.10. The highest BCUT2D eigenvalue weighted by molar-refractivity contribution is 6.18. The average Bonchev–Trinajstić information content (AvgIpc) is 1.68. The third-order valence-electron chi connectivity index (χ3n) is 16.0. The van der Waals surface area contributed by atoms with Gasteiger partial charge in [0, 0.05) is 34.1 Å². The van der Waals surface area contributed by atoms with Gasteiger partial charge in [0.25, 0.3) is 0 Å². The lowest BCUT2D eigenvalue weighted by Gasteiger charge is -2.26. The molecule has 2 nitrogen and oxygen atoms in total. The fraction of sp³-hybridized carbons (Fsp3) is 0. The maximum atomic E-state index is 2.33. The first-order chi connectivity index (χ1) is 41.6. The van der Waals surface area contributed by atoms with Gasteiger partial charge < -0.3 is 9.80 Å². The van der Waals surface area contributed by atoms with E-state index in [1.54, 1.807) is 0 Å². The van der Waals surface area contributed by atoms with Gasteiger partial charge in [0.1, 0.15) is 0 Å². The summed E-state index contributed by atoms with van der Waals surface area (Å²) in [5.74, 6) is 0. The van der Waals surface area contributed by atoms with Gasteiger partial charge in [-0.25, -0.2) is 0 Å². The van der Waals surface area contributed by atoms with Crippen molar-refractivity contribution in [1.29, 1.82) is 0 Å². The molecule has 0 saturated heterocycles. The van der Waals surface area contributed by atoms with Gasteiger partial charge in [-0.05, 0) is 172 Å². The third kappa shape index (κ3) is 10.5. The van der Waals surface area contributed by atoms with Crippen LogP contribution in [0.5, 0.6) is 0 Å². The maximum absolute atomic E-state index is 2.33. The zero-order valence-electron chi connectivity index (χ0n) is 46.4. The monoisotopic (exact) mass is 1070 g/mol. The van der Waals surface area contributed by atoms with Gasteiger partial charge in [0.05, 0.1) is 0 Å². The van der Waals surface area contributed by atoms with Crippen molar-refractivity contribution in [1.82, 2.24) is 0 Å². The summed E-state index contributed by atoms with van der Waals surface area (Å²) in [4.78, 5) is 4.65. The number of hydrogen-bond acceptors (Lipinski definition) is 2. The van der Waals surface area contributed by atoms with E-state index in [9.17, 15) is 0 Å². The van der Waals surface area contributed by atoms with Crippen molar-refractivity contribution in [2.75, 3.05) is 9.80 Å². The molecule has 14 aromatic carbocycles. The first-order valence-corrected chi connectivity index (χ1v) is 28.8. The van der Waals surface area contributed by atoms with E-state index in [1.165, 1.54) is 65.7 Å². The number of para-hydroxylation sites is 2. The Morgan fingerprint density at radius 1 is 0.179 bits per heavy atom. The quantitative estimate of drug-likeness (QED) is 0.100. The first kappa shape index (κ1) is 51.1. The van der Waals surface area contributed by atoms with Crippen LogP contribution in [-0.2, 0) is 0 Å². The second-order valence-corrected chi connectivity index (χ2v) is 21.3. The number of hydrogen-bond donors (Lipinski definition) is 0. The van der Waals surface area contributed by atoms with Crippen LogP contribution in [0.15, 0.2) is 328 Å². The van der Waals surface area contributed by atoms with Crippen molar-refractivity contribution in [3.8, 4) is 44.5 Å². The molecular weight excluding hydrogens is 1010 g/mol. The molecular formula is C82H58N2. The van der Waals surface area contributed by atoms with Gasteiger partial charge in [0.15, 0.2) is 0 Å². The van der Waals surface area contributed by atoms with Crippen molar-refractivity contribution in [3.05, 3.63) is 350 Å². The summed E-state index contributed by atoms with van der Waals surface area (Å²) in [7, 11) is 0. The highest BCUT2D eigenvalue weighted by Gasteiger charge is 2.24. The minimum Gasteiger partial charge on any atom is -0.310 e. The Hall–Kier alpha value is -11.1. The van der Waals surface area contributed by atoms with Gasteiger partial charge >= 0.3 is 0 Å². The smallest absolute Gasteiger partial charge is 0.0468 e. The fourth-order valence-electron chi connectivity index (χ4n) is 11.9. The molecule has 396 valence electrons. The van der Waals surface area contributed by atoms with E-state index in [1.807, 2.05) is 0 Å². The third-order valence-corrected chi connectivity index (χ3v) is 16.0. The Morgan fingerprint density at radius 3 is 0.798 bits per heavy atom. The molecule has 0 aromatic heterocycles. The van der Waals surface area contributed by atoms with Gasteiger partial charge in [-0.2, -0.15) is 0 Å². The van der Waals surface area contributed by atoms with Crippen LogP contribution >= 0.6 is 0 Å². The van der Waals surface area contributed by atoms with Gasteiger partial charge in [-0.3, -0.25) is 0 Å². The average molecular weight is 1070 g/mol. The number of anilines is 6. The van der Waals surface area contributed by atoms with Crippen molar-refractivity contribution in [2.24, 2.45) is 0 Å². The van der Waals surface area contributed by atoms with E-state index in [0.717, 1.165) is 67.5 Å². The topological polar surface area (TPSA) is 6.48 Å². The van der Waals surface area contributed by atoms with E-state index in [2.05, 4.69) is 362 Å². The molecule has 0 aliphatic carbocycles. The molecule has 0 fully saturated rings. The Balaban J connectivity index is 0.801. The second-order valence-electron chi connectivity index (χ2n) is 21.3. The lowest BCUT2D eigenvalue weighted by Crippen LogP contribution is -2.09. The van der Waals surface area contributed by atoms with Crippen molar-refractivity contribution >= 4 is 90.7 Å². The first-order valence-electron chi connectivity index (χ1n) is 28.8. The van der Waals surface area contributed by atoms with E-state index in [0.29, 0.717) is 0 Å². The number of nitrogens with zero attached hydrogens (tertiary/aromatic N) is 2. The SMILES string of the molecule is C(=Cc1ccc(N(c2ccccc2)c2ccc3ccccc3c2)cc1)c1ccc(-c2c(-c3ccc(C=Cc4ccc(N(c5ccccc5)c5ccc6ccccc6c5)cc4)cc3)c(-c3ccccc3)c3ccccc3c2-c2ccccc2)cc1. The summed E-state index contributed by atoms with van der Waals surface area (Å²) in [6, 6.07) is 118. The van der Waals surface area contributed by atoms with Crippen molar-refractivity contribution in [2.45, 2.75) is 0 Å². The van der Waals surface area contributed by atoms with Crippen molar-refractivity contribution in [3.63, 3.8) is 0 Å². The molecule has 0 amide bonds. The Bertz CT molecular complexity index is 4350. The van der Waals surface area contributed by atoms with Gasteiger partial charge in [-0.1, -0.05) is 279 Å². The summed E-state index contributed by atoms with van der Waals surface area (Å²) in [5.41, 5.74) is 20.7. The van der Waals surface area contributed by atoms with Crippen LogP contribution in [0.25, 0.3) is 101 Å². The summed E-state index contributed by atoms with van der Waals surface area (Å²) in [5, 5.41) is 7.33. The molecule has 14 rings (SSSR count). The van der Waals surface area contributed by atoms with Crippen LogP contribution in [0.3, 0.4) is 0 Å². The molecule has 14 aromatic rings. The molecule has 0 aliphatic heterocycles. The Kier molecular flexibility index (Phi) is 14.1. The normalized spacial score (nSPS) is 11.5. The molecule has 2 heteroatoms. The molecule has 0 heterocycles. The van der Waals surface area contributed by atoms with Gasteiger partial charge in [0.2, 0.25) is 0 Å². The summed E-state index contributed by atoms with van der Waals surface area (Å²) >= 11 is 0. The summed E-state index contributed by atoms with van der Waals surface area (Å²) in [6.45, 7) is 0. The highest BCUT2D eigenvalue weighted by Crippen LogP contribution is 2.51. The van der Waals surface area contributed by atoms with Crippen LogP contribution in [-0.4, -0.2) is 0 Å². The molecule has 0 aliphatic rings. The number of benzene rings is 14. The molecule has 0 spiro atoms. The highest BCUT2D eigenvalue weighted by atomic mass is 15.1. The zero-order valence-corrected chi connectivity index (χ0v) is 46.4. The Morgan fingerprint density at radius 2 is 0.440 bits per heavy atom. The zero-order chi connectivity index (χ0) is 56.0. The molecule has 0 radical (unpaired) electrons. The van der Waals surface area contributed by atoms with E-state index >= 15 is 0 Å². The minimum atomic E-state index is 1.10. The molecule has 84 heavy (non-hydrogen) atoms. The van der Waals surface area contributed by atoms with E-state index < -0.39 is 0 Å². The molecule has 0 unspecified atom stereocenters. The number of rotatable bonds is 14. The maximum Gasteiger partial charge on any atom is 0.0468 e. The predicted molar refractivity (Wildman–Crippen MR) is 361 cm³/mol. The van der Waals surface area contributed by atoms with Crippen LogP contribution in [0.2, 0.25) is 0 Å². The molecule has 0 atom stereocenters. The number of fused-ring (bicyclic) bond motifs is 3. The Labute approximate surface area is 492 Å². The summed E-state index contributed by atoms with van der Waals surface area (Å²) in [6.07, 6.45) is 8.86. The largest absolute Gasteiger partial charge is 0.310 e. The van der Waals surface area contributed by atoms with Crippen LogP contribution in [0.1, 0.15) is 22.3 Å². The molecule has 0 bridgehead atoms. The van der Waals surface area contributed by atoms with Gasteiger partial charge in [-0.15, -0.1) is 0 Å². The van der Waals surface area contributed by atoms with Crippen LogP contribution in [0.4, 0.5) is 34.1 Å². The standard InChI is InChI=1S/C82H58N2/c1-5-21-65(22-6-1)79-77-31-17-18-32-78(77)80(66-23-7-2-8-24-66)82(68-47-39-60(40-48-68)34-36-62-43-53-74(54-44-62)84(72-29-11-4-12-30-72)76-56-50-64-20-14-16-26-70(64)58-76)81(79)67-45-37-59(38-46-67)33-35-61-41-51-73(52-42-61)83(71-27-9-3-10-28-71)75-55-49-63-19-13-15-25-69(63)57-75/h1-58H. The molecule has 0 N–H and O–H groups in total. The van der Waals surface area contributed by atoms with Crippen LogP contribution in [0, 0.1) is 0 Å². The summed E-state index contributed by atoms with van der Waals surface area (Å²) < 4.78 is 0. The second kappa shape index (κ2) is 23.2.